The molecule has 6 nitrogen and oxygen atoms in total. The molecule has 7 heteroatoms. The summed E-state index contributed by atoms with van der Waals surface area (Å²) in [6, 6.07) is 13.8. The van der Waals surface area contributed by atoms with E-state index in [4.69, 9.17) is 17.0 Å². The first-order valence-corrected chi connectivity index (χ1v) is 9.37. The Labute approximate surface area is 170 Å². The number of carbonyl (C=O) groups excluding carboxylic acids is 2. The van der Waals surface area contributed by atoms with Crippen LogP contribution in [0.4, 0.5) is 5.69 Å². The summed E-state index contributed by atoms with van der Waals surface area (Å²) < 4.78 is 5.47. The van der Waals surface area contributed by atoms with Crippen LogP contribution >= 0.6 is 12.2 Å². The lowest BCUT2D eigenvalue weighted by atomic mass is 10.1. The van der Waals surface area contributed by atoms with Crippen LogP contribution in [-0.4, -0.2) is 29.1 Å². The van der Waals surface area contributed by atoms with Gasteiger partial charge < -0.3 is 15.4 Å². The Morgan fingerprint density at radius 3 is 2.25 bits per heavy atom. The molecular formula is C21H25N3O3S. The van der Waals surface area contributed by atoms with E-state index in [2.05, 4.69) is 16.0 Å². The van der Waals surface area contributed by atoms with Gasteiger partial charge in [-0.3, -0.25) is 14.9 Å². The van der Waals surface area contributed by atoms with Crippen LogP contribution in [0.25, 0.3) is 0 Å². The maximum atomic E-state index is 12.4. The van der Waals surface area contributed by atoms with Crippen molar-refractivity contribution < 1.29 is 14.3 Å². The van der Waals surface area contributed by atoms with Crippen LogP contribution < -0.4 is 20.7 Å². The fourth-order valence-electron chi connectivity index (χ4n) is 2.39. The Morgan fingerprint density at radius 1 is 1.00 bits per heavy atom. The average molecular weight is 400 g/mol. The topological polar surface area (TPSA) is 79.5 Å². The Morgan fingerprint density at radius 2 is 1.64 bits per heavy atom. The fraction of sp³-hybridized carbons (Fsp3) is 0.286. The minimum Gasteiger partial charge on any atom is -0.493 e. The predicted molar refractivity (Wildman–Crippen MR) is 115 cm³/mol. The zero-order valence-electron chi connectivity index (χ0n) is 16.5. The summed E-state index contributed by atoms with van der Waals surface area (Å²) >= 11 is 5.21. The van der Waals surface area contributed by atoms with E-state index in [1.807, 2.05) is 27.7 Å². The molecule has 2 aromatic rings. The molecule has 2 aromatic carbocycles. The van der Waals surface area contributed by atoms with E-state index in [0.717, 1.165) is 0 Å². The second-order valence-corrected chi connectivity index (χ2v) is 7.53. The second kappa shape index (κ2) is 9.32. The Kier molecular flexibility index (Phi) is 7.12. The maximum Gasteiger partial charge on any atom is 0.261 e. The molecule has 3 N–H and O–H groups in total. The number of hydrogen-bond donors (Lipinski definition) is 3. The molecule has 0 aliphatic carbocycles. The summed E-state index contributed by atoms with van der Waals surface area (Å²) in [5.74, 6) is -0.00954. The highest BCUT2D eigenvalue weighted by molar-refractivity contribution is 7.80. The molecule has 0 saturated carbocycles. The van der Waals surface area contributed by atoms with E-state index in [0.29, 0.717) is 29.2 Å². The van der Waals surface area contributed by atoms with Crippen molar-refractivity contribution in [3.8, 4) is 5.75 Å². The van der Waals surface area contributed by atoms with Crippen LogP contribution in [0.5, 0.6) is 5.75 Å². The number of benzene rings is 2. The van der Waals surface area contributed by atoms with E-state index >= 15 is 0 Å². The minimum atomic E-state index is -0.359. The zero-order chi connectivity index (χ0) is 20.7. The van der Waals surface area contributed by atoms with Crippen molar-refractivity contribution in [3.63, 3.8) is 0 Å². The summed E-state index contributed by atoms with van der Waals surface area (Å²) in [6.45, 7) is 8.08. The third kappa shape index (κ3) is 6.35. The molecule has 2 amide bonds. The molecule has 0 unspecified atom stereocenters. The van der Waals surface area contributed by atoms with Gasteiger partial charge in [-0.05, 0) is 76.3 Å². The molecule has 0 aliphatic heterocycles. The first kappa shape index (κ1) is 21.4. The third-order valence-electron chi connectivity index (χ3n) is 3.55. The van der Waals surface area contributed by atoms with Gasteiger partial charge in [0.1, 0.15) is 5.75 Å². The standard InChI is InChI=1S/C21H25N3O3S/c1-5-27-17-9-7-6-8-16(17)19(26)23-20(28)22-15-12-10-14(11-13-15)18(25)24-21(2,3)4/h6-13H,5H2,1-4H3,(H,24,25)(H2,22,23,26,28). The molecule has 28 heavy (non-hydrogen) atoms. The summed E-state index contributed by atoms with van der Waals surface area (Å²) in [5.41, 5.74) is 1.30. The fourth-order valence-corrected chi connectivity index (χ4v) is 2.60. The summed E-state index contributed by atoms with van der Waals surface area (Å²) in [6.07, 6.45) is 0. The SMILES string of the molecule is CCOc1ccccc1C(=O)NC(=S)Nc1ccc(C(=O)NC(C)(C)C)cc1. The van der Waals surface area contributed by atoms with Gasteiger partial charge in [0.05, 0.1) is 12.2 Å². The molecular weight excluding hydrogens is 374 g/mol. The van der Waals surface area contributed by atoms with Gasteiger partial charge in [0.25, 0.3) is 11.8 Å². The highest BCUT2D eigenvalue weighted by Crippen LogP contribution is 2.18. The molecule has 0 atom stereocenters. The van der Waals surface area contributed by atoms with Crippen molar-refractivity contribution in [1.29, 1.82) is 0 Å². The minimum absolute atomic E-state index is 0.150. The van der Waals surface area contributed by atoms with E-state index < -0.39 is 0 Å². The normalized spacial score (nSPS) is 10.7. The monoisotopic (exact) mass is 399 g/mol. The van der Waals surface area contributed by atoms with Crippen molar-refractivity contribution >= 4 is 34.8 Å². The molecule has 0 fully saturated rings. The lowest BCUT2D eigenvalue weighted by molar-refractivity contribution is 0.0918. The van der Waals surface area contributed by atoms with Crippen LogP contribution in [0.3, 0.4) is 0 Å². The largest absolute Gasteiger partial charge is 0.493 e. The molecule has 0 bridgehead atoms. The third-order valence-corrected chi connectivity index (χ3v) is 3.76. The molecule has 0 spiro atoms. The summed E-state index contributed by atoms with van der Waals surface area (Å²) in [4.78, 5) is 24.6. The highest BCUT2D eigenvalue weighted by atomic mass is 32.1. The number of hydrogen-bond acceptors (Lipinski definition) is 4. The van der Waals surface area contributed by atoms with Crippen molar-refractivity contribution in [2.24, 2.45) is 0 Å². The van der Waals surface area contributed by atoms with E-state index in [-0.39, 0.29) is 22.5 Å². The number of rotatable bonds is 5. The molecule has 0 aliphatic rings. The first-order chi connectivity index (χ1) is 13.2. The molecule has 148 valence electrons. The summed E-state index contributed by atoms with van der Waals surface area (Å²) in [7, 11) is 0. The number of thiocarbonyl (C=S) groups is 1. The number of para-hydroxylation sites is 1. The first-order valence-electron chi connectivity index (χ1n) is 8.96. The van der Waals surface area contributed by atoms with E-state index in [9.17, 15) is 9.59 Å². The lowest BCUT2D eigenvalue weighted by Gasteiger charge is -2.20. The lowest BCUT2D eigenvalue weighted by Crippen LogP contribution is -2.40. The maximum absolute atomic E-state index is 12.4. The van der Waals surface area contributed by atoms with Gasteiger partial charge in [-0.15, -0.1) is 0 Å². The smallest absolute Gasteiger partial charge is 0.261 e. The Balaban J connectivity index is 1.98. The van der Waals surface area contributed by atoms with Gasteiger partial charge >= 0.3 is 0 Å². The van der Waals surface area contributed by atoms with Gasteiger partial charge in [0.15, 0.2) is 5.11 Å². The van der Waals surface area contributed by atoms with Gasteiger partial charge in [-0.25, -0.2) is 0 Å². The van der Waals surface area contributed by atoms with Crippen LogP contribution in [0.2, 0.25) is 0 Å². The zero-order valence-corrected chi connectivity index (χ0v) is 17.3. The number of anilines is 1. The number of carbonyl (C=O) groups is 2. The Hall–Kier alpha value is -2.93. The molecule has 0 radical (unpaired) electrons. The predicted octanol–water partition coefficient (Wildman–Crippen LogP) is 3.74. The van der Waals surface area contributed by atoms with Crippen LogP contribution in [0.1, 0.15) is 48.4 Å². The van der Waals surface area contributed by atoms with Gasteiger partial charge in [-0.1, -0.05) is 12.1 Å². The second-order valence-electron chi connectivity index (χ2n) is 7.12. The van der Waals surface area contributed by atoms with Crippen LogP contribution in [0, 0.1) is 0 Å². The highest BCUT2D eigenvalue weighted by Gasteiger charge is 2.16. The quantitative estimate of drug-likeness (QED) is 0.668. The van der Waals surface area contributed by atoms with Crippen LogP contribution in [0.15, 0.2) is 48.5 Å². The van der Waals surface area contributed by atoms with Crippen LogP contribution in [-0.2, 0) is 0 Å². The van der Waals surface area contributed by atoms with Crippen molar-refractivity contribution in [2.45, 2.75) is 33.2 Å². The van der Waals surface area contributed by atoms with Gasteiger partial charge in [0, 0.05) is 16.8 Å². The number of nitrogens with one attached hydrogen (secondary N) is 3. The Bertz CT molecular complexity index is 858. The van der Waals surface area contributed by atoms with Gasteiger partial charge in [0.2, 0.25) is 0 Å². The molecule has 0 saturated heterocycles. The molecule has 0 heterocycles. The van der Waals surface area contributed by atoms with Crippen molar-refractivity contribution in [1.82, 2.24) is 10.6 Å². The van der Waals surface area contributed by atoms with Gasteiger partial charge in [-0.2, -0.15) is 0 Å². The number of amides is 2. The summed E-state index contributed by atoms with van der Waals surface area (Å²) in [5, 5.41) is 8.63. The molecule has 0 aromatic heterocycles. The van der Waals surface area contributed by atoms with E-state index in [1.54, 1.807) is 48.5 Å². The van der Waals surface area contributed by atoms with E-state index in [1.165, 1.54) is 0 Å². The molecule has 2 rings (SSSR count). The number of ether oxygens (including phenoxy) is 1. The van der Waals surface area contributed by atoms with Crippen molar-refractivity contribution in [2.75, 3.05) is 11.9 Å². The van der Waals surface area contributed by atoms with Crippen molar-refractivity contribution in [3.05, 3.63) is 59.7 Å². The average Bonchev–Trinajstić information content (AvgIpc) is 2.61.